The van der Waals surface area contributed by atoms with Gasteiger partial charge >= 0.3 is 6.09 Å². The number of carbonyl (C=O) groups excluding carboxylic acids is 2. The fourth-order valence-electron chi connectivity index (χ4n) is 1.86. The van der Waals surface area contributed by atoms with Crippen LogP contribution < -0.4 is 10.2 Å². The molecular weight excluding hydrogens is 265 g/mol. The van der Waals surface area contributed by atoms with Gasteiger partial charge in [-0.3, -0.25) is 9.69 Å². The average molecular weight is 277 g/mol. The predicted octanol–water partition coefficient (Wildman–Crippen LogP) is 1.16. The summed E-state index contributed by atoms with van der Waals surface area (Å²) in [6.45, 7) is 1.78. The monoisotopic (exact) mass is 277 g/mol. The lowest BCUT2D eigenvalue weighted by Crippen LogP contribution is -2.33. The topological polar surface area (TPSA) is 82.4 Å². The molecule has 7 heteroatoms. The minimum Gasteiger partial charge on any atom is -0.442 e. The number of nitrogens with zero attached hydrogens (tertiary/aromatic N) is 2. The molecule has 20 heavy (non-hydrogen) atoms. The number of cyclic esters (lactones) is 1. The van der Waals surface area contributed by atoms with E-state index in [1.807, 2.05) is 0 Å². The first-order valence-electron chi connectivity index (χ1n) is 5.93. The fraction of sp³-hybridized carbons (Fsp3) is 0.308. The number of rotatable bonds is 3. The van der Waals surface area contributed by atoms with Crippen LogP contribution in [0.15, 0.2) is 18.2 Å². The Labute approximate surface area is 114 Å². The summed E-state index contributed by atoms with van der Waals surface area (Å²) in [6.07, 6.45) is -1.09. The van der Waals surface area contributed by atoms with E-state index in [-0.39, 0.29) is 24.6 Å². The Morgan fingerprint density at radius 2 is 2.40 bits per heavy atom. The summed E-state index contributed by atoms with van der Waals surface area (Å²) in [4.78, 5) is 23.8. The van der Waals surface area contributed by atoms with Gasteiger partial charge in [0, 0.05) is 6.92 Å². The van der Waals surface area contributed by atoms with Crippen LogP contribution in [0.4, 0.5) is 14.9 Å². The third-order valence-corrected chi connectivity index (χ3v) is 2.84. The molecular formula is C13H12FN3O3. The summed E-state index contributed by atoms with van der Waals surface area (Å²) in [5, 5.41) is 11.2. The van der Waals surface area contributed by atoms with Gasteiger partial charge in [0.1, 0.15) is 18.0 Å². The van der Waals surface area contributed by atoms with Gasteiger partial charge in [-0.25, -0.2) is 9.18 Å². The number of nitrogens with one attached hydrogen (secondary N) is 1. The minimum atomic E-state index is -0.692. The summed E-state index contributed by atoms with van der Waals surface area (Å²) in [5.41, 5.74) is 0.230. The Morgan fingerprint density at radius 1 is 1.65 bits per heavy atom. The minimum absolute atomic E-state index is 0.0869. The van der Waals surface area contributed by atoms with Crippen LogP contribution in [0.25, 0.3) is 0 Å². The first-order valence-corrected chi connectivity index (χ1v) is 5.93. The predicted molar refractivity (Wildman–Crippen MR) is 67.4 cm³/mol. The highest BCUT2D eigenvalue weighted by atomic mass is 19.1. The molecule has 1 aromatic carbocycles. The molecule has 1 saturated heterocycles. The van der Waals surface area contributed by atoms with E-state index in [1.54, 1.807) is 6.07 Å². The molecule has 0 aliphatic carbocycles. The van der Waals surface area contributed by atoms with E-state index in [0.717, 1.165) is 6.07 Å². The Bertz CT molecular complexity index is 597. The second kappa shape index (κ2) is 5.57. The van der Waals surface area contributed by atoms with Crippen LogP contribution in [0.5, 0.6) is 0 Å². The lowest BCUT2D eigenvalue weighted by molar-refractivity contribution is -0.119. The van der Waals surface area contributed by atoms with Crippen LogP contribution >= 0.6 is 0 Å². The van der Waals surface area contributed by atoms with Crippen molar-refractivity contribution in [1.29, 1.82) is 5.26 Å². The number of nitriles is 1. The molecule has 0 saturated carbocycles. The van der Waals surface area contributed by atoms with Crippen LogP contribution in [0.1, 0.15) is 12.5 Å². The summed E-state index contributed by atoms with van der Waals surface area (Å²) in [7, 11) is 0. The highest BCUT2D eigenvalue weighted by Crippen LogP contribution is 2.23. The number of amides is 2. The molecule has 1 heterocycles. The summed E-state index contributed by atoms with van der Waals surface area (Å²) < 4.78 is 18.6. The van der Waals surface area contributed by atoms with Crippen LogP contribution in [0.2, 0.25) is 0 Å². The Morgan fingerprint density at radius 3 is 3.00 bits per heavy atom. The zero-order chi connectivity index (χ0) is 14.7. The highest BCUT2D eigenvalue weighted by Gasteiger charge is 2.32. The number of carbonyl (C=O) groups is 2. The maximum atomic E-state index is 13.5. The number of ether oxygens (including phenoxy) is 1. The molecule has 0 unspecified atom stereocenters. The second-order valence-corrected chi connectivity index (χ2v) is 4.33. The van der Waals surface area contributed by atoms with E-state index in [2.05, 4.69) is 5.32 Å². The van der Waals surface area contributed by atoms with E-state index in [0.29, 0.717) is 5.69 Å². The van der Waals surface area contributed by atoms with Crippen LogP contribution in [0, 0.1) is 17.1 Å². The lowest BCUT2D eigenvalue weighted by Gasteiger charge is -2.13. The van der Waals surface area contributed by atoms with Crippen molar-refractivity contribution in [3.8, 4) is 6.07 Å². The maximum Gasteiger partial charge on any atom is 0.414 e. The zero-order valence-electron chi connectivity index (χ0n) is 10.7. The van der Waals surface area contributed by atoms with E-state index < -0.39 is 18.0 Å². The lowest BCUT2D eigenvalue weighted by atomic mass is 10.2. The fourth-order valence-corrected chi connectivity index (χ4v) is 1.86. The number of hydrogen-bond donors (Lipinski definition) is 1. The van der Waals surface area contributed by atoms with Crippen molar-refractivity contribution in [2.24, 2.45) is 0 Å². The number of anilines is 1. The molecule has 1 N–H and O–H groups in total. The van der Waals surface area contributed by atoms with Crippen molar-refractivity contribution in [3.63, 3.8) is 0 Å². The average Bonchev–Trinajstić information content (AvgIpc) is 2.77. The van der Waals surface area contributed by atoms with Gasteiger partial charge in [-0.15, -0.1) is 0 Å². The molecule has 6 nitrogen and oxygen atoms in total. The standard InChI is InChI=1S/C13H12FN3O3/c1-8(18)16-6-11-7-17(13(19)20-11)10-3-2-9(5-15)12(14)4-10/h2-4,11H,6-7H2,1H3,(H,16,18)/t11-/m0/s1. The quantitative estimate of drug-likeness (QED) is 0.898. The molecule has 0 spiro atoms. The van der Waals surface area contributed by atoms with Gasteiger partial charge in [-0.05, 0) is 18.2 Å². The number of benzene rings is 1. The molecule has 0 bridgehead atoms. The maximum absolute atomic E-state index is 13.5. The first kappa shape index (κ1) is 13.8. The summed E-state index contributed by atoms with van der Waals surface area (Å²) in [5.74, 6) is -0.910. The first-order chi connectivity index (χ1) is 9.51. The Kier molecular flexibility index (Phi) is 3.84. The van der Waals surface area contributed by atoms with Gasteiger partial charge in [0.05, 0.1) is 24.3 Å². The van der Waals surface area contributed by atoms with Crippen molar-refractivity contribution >= 4 is 17.7 Å². The Hall–Kier alpha value is -2.62. The molecule has 2 rings (SSSR count). The number of hydrogen-bond acceptors (Lipinski definition) is 4. The summed E-state index contributed by atoms with van der Waals surface area (Å²) >= 11 is 0. The number of halogens is 1. The largest absolute Gasteiger partial charge is 0.442 e. The van der Waals surface area contributed by atoms with E-state index in [1.165, 1.54) is 24.0 Å². The van der Waals surface area contributed by atoms with E-state index in [4.69, 9.17) is 10.00 Å². The van der Waals surface area contributed by atoms with Crippen molar-refractivity contribution in [3.05, 3.63) is 29.6 Å². The van der Waals surface area contributed by atoms with Crippen molar-refractivity contribution in [2.75, 3.05) is 18.0 Å². The normalized spacial score (nSPS) is 17.6. The SMILES string of the molecule is CC(=O)NC[C@H]1CN(c2ccc(C#N)c(F)c2)C(=O)O1. The molecule has 104 valence electrons. The van der Waals surface area contributed by atoms with Crippen LogP contribution in [-0.4, -0.2) is 31.2 Å². The van der Waals surface area contributed by atoms with Crippen molar-refractivity contribution < 1.29 is 18.7 Å². The van der Waals surface area contributed by atoms with E-state index >= 15 is 0 Å². The van der Waals surface area contributed by atoms with Gasteiger partial charge in [-0.1, -0.05) is 0 Å². The summed E-state index contributed by atoms with van der Waals surface area (Å²) in [6, 6.07) is 5.60. The molecule has 0 radical (unpaired) electrons. The Balaban J connectivity index is 2.10. The molecule has 1 aliphatic rings. The van der Waals surface area contributed by atoms with Crippen molar-refractivity contribution in [1.82, 2.24) is 5.32 Å². The van der Waals surface area contributed by atoms with Crippen LogP contribution in [-0.2, 0) is 9.53 Å². The van der Waals surface area contributed by atoms with Gasteiger partial charge in [0.2, 0.25) is 5.91 Å². The smallest absolute Gasteiger partial charge is 0.414 e. The molecule has 2 amide bonds. The third-order valence-electron chi connectivity index (χ3n) is 2.84. The molecule has 1 aromatic rings. The molecule has 1 atom stereocenters. The van der Waals surface area contributed by atoms with E-state index in [9.17, 15) is 14.0 Å². The molecule has 1 fully saturated rings. The molecule has 1 aliphatic heterocycles. The molecule has 0 aromatic heterocycles. The van der Waals surface area contributed by atoms with Gasteiger partial charge in [0.15, 0.2) is 0 Å². The van der Waals surface area contributed by atoms with Crippen molar-refractivity contribution in [2.45, 2.75) is 13.0 Å². The zero-order valence-corrected chi connectivity index (χ0v) is 10.7. The second-order valence-electron chi connectivity index (χ2n) is 4.33. The van der Waals surface area contributed by atoms with Gasteiger partial charge < -0.3 is 10.1 Å². The van der Waals surface area contributed by atoms with Gasteiger partial charge in [0.25, 0.3) is 0 Å². The highest BCUT2D eigenvalue weighted by molar-refractivity contribution is 5.89. The third kappa shape index (κ3) is 2.85. The van der Waals surface area contributed by atoms with Gasteiger partial charge in [-0.2, -0.15) is 5.26 Å². The van der Waals surface area contributed by atoms with Crippen LogP contribution in [0.3, 0.4) is 0 Å².